The fourth-order valence-corrected chi connectivity index (χ4v) is 2.72. The summed E-state index contributed by atoms with van der Waals surface area (Å²) in [6.45, 7) is 12.4. The summed E-state index contributed by atoms with van der Waals surface area (Å²) in [6, 6.07) is 0.667. The summed E-state index contributed by atoms with van der Waals surface area (Å²) >= 11 is 0. The Kier molecular flexibility index (Phi) is 3.88. The molecule has 16 heavy (non-hydrogen) atoms. The number of piperazine rings is 1. The number of nitrogens with one attached hydrogen (secondary N) is 1. The van der Waals surface area contributed by atoms with Crippen LogP contribution in [0.25, 0.3) is 0 Å². The van der Waals surface area contributed by atoms with Gasteiger partial charge in [0.1, 0.15) is 0 Å². The van der Waals surface area contributed by atoms with Gasteiger partial charge in [-0.2, -0.15) is 0 Å². The van der Waals surface area contributed by atoms with Crippen molar-refractivity contribution < 1.29 is 4.74 Å². The van der Waals surface area contributed by atoms with Gasteiger partial charge in [0.25, 0.3) is 0 Å². The molecule has 2 aliphatic heterocycles. The second kappa shape index (κ2) is 5.03. The average Bonchev–Trinajstić information content (AvgIpc) is 2.77. The second-order valence-electron chi connectivity index (χ2n) is 5.80. The molecule has 0 spiro atoms. The second-order valence-corrected chi connectivity index (χ2v) is 5.80. The zero-order chi connectivity index (χ0) is 11.6. The molecule has 3 nitrogen and oxygen atoms in total. The monoisotopic (exact) mass is 226 g/mol. The SMILES string of the molecule is CCC1(C)CN(CC2CCOC2)C(C)CN1. The van der Waals surface area contributed by atoms with E-state index >= 15 is 0 Å². The molecular formula is C13H26N2O. The van der Waals surface area contributed by atoms with Crippen molar-refractivity contribution in [2.24, 2.45) is 5.92 Å². The van der Waals surface area contributed by atoms with Crippen LogP contribution < -0.4 is 5.32 Å². The Labute approximate surface area is 99.5 Å². The van der Waals surface area contributed by atoms with Gasteiger partial charge in [0.05, 0.1) is 6.61 Å². The van der Waals surface area contributed by atoms with Crippen LogP contribution in [0.1, 0.15) is 33.6 Å². The molecule has 0 aliphatic carbocycles. The Morgan fingerprint density at radius 1 is 1.50 bits per heavy atom. The van der Waals surface area contributed by atoms with Crippen LogP contribution in [0, 0.1) is 5.92 Å². The third kappa shape index (κ3) is 2.76. The molecule has 2 heterocycles. The van der Waals surface area contributed by atoms with E-state index in [0.717, 1.165) is 25.7 Å². The number of nitrogens with zero attached hydrogens (tertiary/aromatic N) is 1. The minimum absolute atomic E-state index is 0.311. The maximum Gasteiger partial charge on any atom is 0.0507 e. The van der Waals surface area contributed by atoms with Crippen molar-refractivity contribution in [1.29, 1.82) is 0 Å². The van der Waals surface area contributed by atoms with Gasteiger partial charge in [-0.3, -0.25) is 4.90 Å². The van der Waals surface area contributed by atoms with Crippen molar-refractivity contribution in [3.8, 4) is 0 Å². The molecule has 94 valence electrons. The highest BCUT2D eigenvalue weighted by atomic mass is 16.5. The number of hydrogen-bond acceptors (Lipinski definition) is 3. The molecule has 3 heteroatoms. The molecule has 1 N–H and O–H groups in total. The van der Waals surface area contributed by atoms with Gasteiger partial charge in [-0.25, -0.2) is 0 Å². The van der Waals surface area contributed by atoms with Crippen molar-refractivity contribution in [1.82, 2.24) is 10.2 Å². The van der Waals surface area contributed by atoms with Gasteiger partial charge >= 0.3 is 0 Å². The number of ether oxygens (including phenoxy) is 1. The van der Waals surface area contributed by atoms with Crippen LogP contribution in [0.15, 0.2) is 0 Å². The van der Waals surface area contributed by atoms with Crippen molar-refractivity contribution in [2.75, 3.05) is 32.8 Å². The van der Waals surface area contributed by atoms with Gasteiger partial charge in [0.15, 0.2) is 0 Å². The average molecular weight is 226 g/mol. The molecule has 2 aliphatic rings. The standard InChI is InChI=1S/C13H26N2O/c1-4-13(3)10-15(11(2)7-14-13)8-12-5-6-16-9-12/h11-12,14H,4-10H2,1-3H3. The van der Waals surface area contributed by atoms with Crippen LogP contribution in [0.2, 0.25) is 0 Å². The third-order valence-corrected chi connectivity index (χ3v) is 4.30. The molecule has 0 radical (unpaired) electrons. The summed E-state index contributed by atoms with van der Waals surface area (Å²) in [6.07, 6.45) is 2.46. The molecule has 0 aromatic rings. The highest BCUT2D eigenvalue weighted by Gasteiger charge is 2.33. The van der Waals surface area contributed by atoms with E-state index in [1.165, 1.54) is 25.9 Å². The Balaban J connectivity index is 1.90. The molecule has 3 unspecified atom stereocenters. The first kappa shape index (κ1) is 12.3. The summed E-state index contributed by atoms with van der Waals surface area (Å²) in [4.78, 5) is 2.65. The van der Waals surface area contributed by atoms with Gasteiger partial charge < -0.3 is 10.1 Å². The van der Waals surface area contributed by atoms with Crippen molar-refractivity contribution in [2.45, 2.75) is 45.2 Å². The first-order valence-corrected chi connectivity index (χ1v) is 6.70. The molecule has 0 amide bonds. The smallest absolute Gasteiger partial charge is 0.0507 e. The molecule has 3 atom stereocenters. The van der Waals surface area contributed by atoms with Crippen LogP contribution in [0.4, 0.5) is 0 Å². The molecule has 0 saturated carbocycles. The fourth-order valence-electron chi connectivity index (χ4n) is 2.72. The molecule has 2 rings (SSSR count). The fraction of sp³-hybridized carbons (Fsp3) is 1.00. The topological polar surface area (TPSA) is 24.5 Å². The molecule has 0 aromatic heterocycles. The lowest BCUT2D eigenvalue weighted by Gasteiger charge is -2.45. The Hall–Kier alpha value is -0.120. The van der Waals surface area contributed by atoms with Crippen LogP contribution in [0.5, 0.6) is 0 Å². The van der Waals surface area contributed by atoms with Crippen LogP contribution in [-0.4, -0.2) is 49.3 Å². The van der Waals surface area contributed by atoms with Crippen molar-refractivity contribution in [3.63, 3.8) is 0 Å². The Morgan fingerprint density at radius 2 is 2.31 bits per heavy atom. The van der Waals surface area contributed by atoms with Crippen molar-refractivity contribution in [3.05, 3.63) is 0 Å². The summed E-state index contributed by atoms with van der Waals surface area (Å²) in [5.74, 6) is 0.765. The Morgan fingerprint density at radius 3 is 2.94 bits per heavy atom. The minimum Gasteiger partial charge on any atom is -0.381 e. The van der Waals surface area contributed by atoms with Gasteiger partial charge in [-0.15, -0.1) is 0 Å². The molecular weight excluding hydrogens is 200 g/mol. The highest BCUT2D eigenvalue weighted by molar-refractivity contribution is 4.93. The quantitative estimate of drug-likeness (QED) is 0.789. The summed E-state index contributed by atoms with van der Waals surface area (Å²) in [5, 5.41) is 3.68. The number of hydrogen-bond donors (Lipinski definition) is 1. The minimum atomic E-state index is 0.311. The maximum atomic E-state index is 5.47. The van der Waals surface area contributed by atoms with E-state index in [4.69, 9.17) is 4.74 Å². The van der Waals surface area contributed by atoms with Crippen LogP contribution in [-0.2, 0) is 4.74 Å². The van der Waals surface area contributed by atoms with E-state index in [9.17, 15) is 0 Å². The first-order chi connectivity index (χ1) is 7.63. The maximum absolute atomic E-state index is 5.47. The van der Waals surface area contributed by atoms with Gasteiger partial charge in [-0.05, 0) is 32.6 Å². The predicted molar refractivity (Wildman–Crippen MR) is 66.7 cm³/mol. The summed E-state index contributed by atoms with van der Waals surface area (Å²) in [5.41, 5.74) is 0.311. The lowest BCUT2D eigenvalue weighted by Crippen LogP contribution is -2.62. The molecule has 0 aromatic carbocycles. The van der Waals surface area contributed by atoms with E-state index in [0.29, 0.717) is 11.6 Å². The lowest BCUT2D eigenvalue weighted by molar-refractivity contribution is 0.0739. The van der Waals surface area contributed by atoms with Gasteiger partial charge in [-0.1, -0.05) is 6.92 Å². The van der Waals surface area contributed by atoms with Gasteiger partial charge in [0, 0.05) is 37.8 Å². The van der Waals surface area contributed by atoms with Crippen LogP contribution in [0.3, 0.4) is 0 Å². The zero-order valence-electron chi connectivity index (χ0n) is 11.0. The Bertz CT molecular complexity index is 228. The van der Waals surface area contributed by atoms with E-state index in [1.54, 1.807) is 0 Å². The molecule has 2 saturated heterocycles. The highest BCUT2D eigenvalue weighted by Crippen LogP contribution is 2.22. The van der Waals surface area contributed by atoms with E-state index in [2.05, 4.69) is 31.0 Å². The largest absolute Gasteiger partial charge is 0.381 e. The van der Waals surface area contributed by atoms with Crippen molar-refractivity contribution >= 4 is 0 Å². The lowest BCUT2D eigenvalue weighted by atomic mass is 9.93. The van der Waals surface area contributed by atoms with E-state index < -0.39 is 0 Å². The van der Waals surface area contributed by atoms with Gasteiger partial charge in [0.2, 0.25) is 0 Å². The molecule has 0 bridgehead atoms. The van der Waals surface area contributed by atoms with Crippen LogP contribution >= 0.6 is 0 Å². The molecule has 2 fully saturated rings. The summed E-state index contributed by atoms with van der Waals surface area (Å²) in [7, 11) is 0. The first-order valence-electron chi connectivity index (χ1n) is 6.70. The summed E-state index contributed by atoms with van der Waals surface area (Å²) < 4.78 is 5.47. The van der Waals surface area contributed by atoms with E-state index in [1.807, 2.05) is 0 Å². The normalized spacial score (nSPS) is 41.4. The third-order valence-electron chi connectivity index (χ3n) is 4.30. The predicted octanol–water partition coefficient (Wildman–Crippen LogP) is 1.49. The zero-order valence-corrected chi connectivity index (χ0v) is 11.0. The van der Waals surface area contributed by atoms with E-state index in [-0.39, 0.29) is 0 Å². The number of rotatable bonds is 3.